The van der Waals surface area contributed by atoms with E-state index < -0.39 is 5.97 Å². The van der Waals surface area contributed by atoms with Gasteiger partial charge in [-0.1, -0.05) is 30.3 Å². The van der Waals surface area contributed by atoms with Crippen molar-refractivity contribution in [2.75, 3.05) is 32.7 Å². The van der Waals surface area contributed by atoms with E-state index in [0.29, 0.717) is 6.04 Å². The molecule has 1 aliphatic heterocycles. The van der Waals surface area contributed by atoms with Crippen LogP contribution in [0.25, 0.3) is 0 Å². The first kappa shape index (κ1) is 13.1. The van der Waals surface area contributed by atoms with E-state index in [2.05, 4.69) is 36.1 Å². The Kier molecular flexibility index (Phi) is 4.33. The molecule has 1 N–H and O–H groups in total. The van der Waals surface area contributed by atoms with Gasteiger partial charge in [-0.05, 0) is 12.5 Å². The van der Waals surface area contributed by atoms with Crippen LogP contribution in [0.15, 0.2) is 30.3 Å². The molecule has 1 aromatic carbocycles. The summed E-state index contributed by atoms with van der Waals surface area (Å²) in [5, 5.41) is 8.76. The summed E-state index contributed by atoms with van der Waals surface area (Å²) in [5.74, 6) is -0.737. The monoisotopic (exact) mass is 248 g/mol. The van der Waals surface area contributed by atoms with Crippen molar-refractivity contribution in [2.24, 2.45) is 0 Å². The molecule has 1 atom stereocenters. The first-order chi connectivity index (χ1) is 8.66. The van der Waals surface area contributed by atoms with Crippen molar-refractivity contribution < 1.29 is 9.90 Å². The van der Waals surface area contributed by atoms with E-state index in [1.165, 1.54) is 5.56 Å². The molecule has 1 heterocycles. The molecule has 98 valence electrons. The molecule has 0 radical (unpaired) electrons. The molecule has 1 fully saturated rings. The summed E-state index contributed by atoms with van der Waals surface area (Å²) < 4.78 is 0. The van der Waals surface area contributed by atoms with Crippen molar-refractivity contribution >= 4 is 5.97 Å². The highest BCUT2D eigenvalue weighted by Crippen LogP contribution is 2.20. The minimum absolute atomic E-state index is 0.160. The molecule has 0 spiro atoms. The van der Waals surface area contributed by atoms with Crippen LogP contribution in [0.3, 0.4) is 0 Å². The van der Waals surface area contributed by atoms with Gasteiger partial charge in [0.1, 0.15) is 0 Å². The molecule has 18 heavy (non-hydrogen) atoms. The SMILES string of the molecule is C[C@H](c1ccccc1)N1CCN(CC(=O)O)CC1. The molecular formula is C14H20N2O2. The van der Waals surface area contributed by atoms with E-state index in [4.69, 9.17) is 5.11 Å². The maximum Gasteiger partial charge on any atom is 0.317 e. The van der Waals surface area contributed by atoms with Crippen LogP contribution in [0.2, 0.25) is 0 Å². The highest BCUT2D eigenvalue weighted by molar-refractivity contribution is 5.69. The largest absolute Gasteiger partial charge is 0.480 e. The summed E-state index contributed by atoms with van der Waals surface area (Å²) in [6.07, 6.45) is 0. The number of hydrogen-bond acceptors (Lipinski definition) is 3. The van der Waals surface area contributed by atoms with Crippen molar-refractivity contribution in [3.05, 3.63) is 35.9 Å². The van der Waals surface area contributed by atoms with Gasteiger partial charge in [-0.2, -0.15) is 0 Å². The highest BCUT2D eigenvalue weighted by atomic mass is 16.4. The smallest absolute Gasteiger partial charge is 0.317 e. The normalized spacial score (nSPS) is 19.6. The Bertz CT molecular complexity index is 386. The van der Waals surface area contributed by atoms with Gasteiger partial charge in [0.05, 0.1) is 6.54 Å². The average molecular weight is 248 g/mol. The number of carboxylic acids is 1. The first-order valence-corrected chi connectivity index (χ1v) is 6.40. The van der Waals surface area contributed by atoms with Crippen LogP contribution < -0.4 is 0 Å². The predicted octanol–water partition coefficient (Wildman–Crippen LogP) is 1.45. The summed E-state index contributed by atoms with van der Waals surface area (Å²) in [6, 6.07) is 10.8. The Balaban J connectivity index is 1.88. The van der Waals surface area contributed by atoms with Crippen LogP contribution in [0.5, 0.6) is 0 Å². The maximum absolute atomic E-state index is 10.6. The molecule has 1 saturated heterocycles. The van der Waals surface area contributed by atoms with Gasteiger partial charge in [0.25, 0.3) is 0 Å². The number of rotatable bonds is 4. The summed E-state index contributed by atoms with van der Waals surface area (Å²) in [6.45, 7) is 5.91. The fourth-order valence-electron chi connectivity index (χ4n) is 2.44. The van der Waals surface area contributed by atoms with E-state index in [-0.39, 0.29) is 6.54 Å². The standard InChI is InChI=1S/C14H20N2O2/c1-12(13-5-3-2-4-6-13)16-9-7-15(8-10-16)11-14(17)18/h2-6,12H,7-11H2,1H3,(H,17,18)/t12-/m1/s1. The second-order valence-electron chi connectivity index (χ2n) is 4.79. The Morgan fingerprint density at radius 1 is 1.22 bits per heavy atom. The number of carbonyl (C=O) groups is 1. The van der Waals surface area contributed by atoms with Crippen LogP contribution in [-0.2, 0) is 4.79 Å². The Morgan fingerprint density at radius 3 is 2.39 bits per heavy atom. The zero-order valence-corrected chi connectivity index (χ0v) is 10.7. The van der Waals surface area contributed by atoms with Gasteiger partial charge in [-0.3, -0.25) is 14.6 Å². The molecule has 1 aliphatic rings. The Hall–Kier alpha value is -1.39. The second kappa shape index (κ2) is 5.98. The third kappa shape index (κ3) is 3.31. The van der Waals surface area contributed by atoms with Crippen molar-refractivity contribution in [1.29, 1.82) is 0 Å². The third-order valence-corrected chi connectivity index (χ3v) is 3.60. The van der Waals surface area contributed by atoms with Gasteiger partial charge in [-0.25, -0.2) is 0 Å². The van der Waals surface area contributed by atoms with Crippen molar-refractivity contribution in [1.82, 2.24) is 9.80 Å². The van der Waals surface area contributed by atoms with Gasteiger partial charge in [-0.15, -0.1) is 0 Å². The number of nitrogens with zero attached hydrogens (tertiary/aromatic N) is 2. The van der Waals surface area contributed by atoms with E-state index in [1.807, 2.05) is 11.0 Å². The fourth-order valence-corrected chi connectivity index (χ4v) is 2.44. The molecule has 4 heteroatoms. The average Bonchev–Trinajstić information content (AvgIpc) is 2.39. The van der Waals surface area contributed by atoms with E-state index in [0.717, 1.165) is 26.2 Å². The second-order valence-corrected chi connectivity index (χ2v) is 4.79. The third-order valence-electron chi connectivity index (χ3n) is 3.60. The zero-order valence-electron chi connectivity index (χ0n) is 10.7. The topological polar surface area (TPSA) is 43.8 Å². The Labute approximate surface area is 108 Å². The molecule has 4 nitrogen and oxygen atoms in total. The van der Waals surface area contributed by atoms with Crippen molar-refractivity contribution in [3.63, 3.8) is 0 Å². The summed E-state index contributed by atoms with van der Waals surface area (Å²) >= 11 is 0. The molecular weight excluding hydrogens is 228 g/mol. The Morgan fingerprint density at radius 2 is 1.83 bits per heavy atom. The molecule has 0 aliphatic carbocycles. The lowest BCUT2D eigenvalue weighted by Gasteiger charge is -2.37. The first-order valence-electron chi connectivity index (χ1n) is 6.40. The van der Waals surface area contributed by atoms with Crippen LogP contribution in [0, 0.1) is 0 Å². The van der Waals surface area contributed by atoms with Gasteiger partial charge in [0.15, 0.2) is 0 Å². The van der Waals surface area contributed by atoms with Gasteiger partial charge < -0.3 is 5.11 Å². The lowest BCUT2D eigenvalue weighted by atomic mass is 10.1. The van der Waals surface area contributed by atoms with Gasteiger partial charge in [0.2, 0.25) is 0 Å². The minimum atomic E-state index is -0.737. The number of benzene rings is 1. The maximum atomic E-state index is 10.6. The predicted molar refractivity (Wildman–Crippen MR) is 70.5 cm³/mol. The number of carboxylic acid groups (broad SMARTS) is 1. The van der Waals surface area contributed by atoms with Crippen LogP contribution >= 0.6 is 0 Å². The van der Waals surface area contributed by atoms with E-state index in [1.54, 1.807) is 0 Å². The van der Waals surface area contributed by atoms with Gasteiger partial charge in [0, 0.05) is 32.2 Å². The molecule has 0 aromatic heterocycles. The lowest BCUT2D eigenvalue weighted by molar-refractivity contribution is -0.138. The van der Waals surface area contributed by atoms with Crippen molar-refractivity contribution in [3.8, 4) is 0 Å². The molecule has 0 bridgehead atoms. The van der Waals surface area contributed by atoms with Crippen molar-refractivity contribution in [2.45, 2.75) is 13.0 Å². The van der Waals surface area contributed by atoms with Crippen LogP contribution in [0.4, 0.5) is 0 Å². The minimum Gasteiger partial charge on any atom is -0.480 e. The van der Waals surface area contributed by atoms with E-state index >= 15 is 0 Å². The molecule has 0 amide bonds. The van der Waals surface area contributed by atoms with Crippen LogP contribution in [0.1, 0.15) is 18.5 Å². The molecule has 2 rings (SSSR count). The molecule has 1 aromatic rings. The summed E-state index contributed by atoms with van der Waals surface area (Å²) in [7, 11) is 0. The molecule has 0 unspecified atom stereocenters. The highest BCUT2D eigenvalue weighted by Gasteiger charge is 2.22. The van der Waals surface area contributed by atoms with Crippen LogP contribution in [-0.4, -0.2) is 53.6 Å². The summed E-state index contributed by atoms with van der Waals surface area (Å²) in [5.41, 5.74) is 1.32. The van der Waals surface area contributed by atoms with E-state index in [9.17, 15) is 4.79 Å². The number of aliphatic carboxylic acids is 1. The number of piperazine rings is 1. The lowest BCUT2D eigenvalue weighted by Crippen LogP contribution is -2.48. The molecule has 0 saturated carbocycles. The number of hydrogen-bond donors (Lipinski definition) is 1. The summed E-state index contributed by atoms with van der Waals surface area (Å²) in [4.78, 5) is 15.1. The fraction of sp³-hybridized carbons (Fsp3) is 0.500. The zero-order chi connectivity index (χ0) is 13.0. The quantitative estimate of drug-likeness (QED) is 0.876. The van der Waals surface area contributed by atoms with Gasteiger partial charge >= 0.3 is 5.97 Å².